The summed E-state index contributed by atoms with van der Waals surface area (Å²) in [5, 5.41) is 13.1. The molecular weight excluding hydrogens is 535 g/mol. The number of para-hydroxylation sites is 1. The third-order valence-corrected chi connectivity index (χ3v) is 7.17. The maximum absolute atomic E-state index is 15.3. The smallest absolute Gasteiger partial charge is 0.459 e. The van der Waals surface area contributed by atoms with Crippen molar-refractivity contribution in [1.29, 1.82) is 0 Å². The fourth-order valence-electron chi connectivity index (χ4n) is 3.50. The molecule has 2 aromatic rings. The van der Waals surface area contributed by atoms with Crippen LogP contribution in [0.2, 0.25) is 0 Å². The molecule has 2 unspecified atom stereocenters. The number of aliphatic hydroxyl groups is 1. The van der Waals surface area contributed by atoms with Crippen LogP contribution in [0.4, 0.5) is 8.78 Å². The Hall–Kier alpha value is -2.48. The van der Waals surface area contributed by atoms with Gasteiger partial charge in [0.2, 0.25) is 0 Å². The Labute approximate surface area is 216 Å². The van der Waals surface area contributed by atoms with Gasteiger partial charge in [-0.05, 0) is 39.0 Å². The molecule has 0 aliphatic carbocycles. The van der Waals surface area contributed by atoms with Gasteiger partial charge in [0.1, 0.15) is 29.2 Å². The second kappa shape index (κ2) is 11.9. The molecule has 1 aliphatic rings. The van der Waals surface area contributed by atoms with E-state index in [9.17, 15) is 23.7 Å². The van der Waals surface area contributed by atoms with E-state index < -0.39 is 68.9 Å². The SMILES string of the molecule is CC(C)OC(=O)[C@H](C)NP(=O)(OC[C@H]1O[C@@H](n2ccc(=S)[nH]c2=O)[C@@](O)(CF)C1F)Oc1ccccc1. The summed E-state index contributed by atoms with van der Waals surface area (Å²) in [5.74, 6) is -0.639. The second-order valence-electron chi connectivity index (χ2n) is 8.60. The van der Waals surface area contributed by atoms with Gasteiger partial charge in [0.15, 0.2) is 18.0 Å². The highest BCUT2D eigenvalue weighted by Gasteiger charge is 2.58. The fraction of sp³-hybridized carbons (Fsp3) is 0.500. The standard InChI is InChI=1S/C22H28F2N3O8PS/c1-13(2)33-19(28)14(3)26-36(31,35-15-7-5-4-6-8-15)32-11-16-18(24)22(30,12-23)20(34-16)27-10-9-17(37)25-21(27)29/h4-10,13-14,16,18,20,30H,11-12H2,1-3H3,(H,26,31)(H,25,29,37)/t14-,16+,18?,20+,22+,36?/m0/s1. The molecule has 0 spiro atoms. The second-order valence-corrected chi connectivity index (χ2v) is 10.7. The molecule has 1 aliphatic heterocycles. The number of halogens is 2. The number of ether oxygens (including phenoxy) is 2. The zero-order valence-corrected chi connectivity index (χ0v) is 21.9. The van der Waals surface area contributed by atoms with E-state index in [1.54, 1.807) is 32.0 Å². The number of aromatic nitrogens is 2. The van der Waals surface area contributed by atoms with Crippen LogP contribution in [0, 0.1) is 4.64 Å². The van der Waals surface area contributed by atoms with Gasteiger partial charge in [0.25, 0.3) is 0 Å². The number of alkyl halides is 2. The lowest BCUT2D eigenvalue weighted by Crippen LogP contribution is -2.48. The topological polar surface area (TPSA) is 141 Å². The van der Waals surface area contributed by atoms with Crippen LogP contribution < -0.4 is 15.3 Å². The van der Waals surface area contributed by atoms with Crippen LogP contribution in [0.3, 0.4) is 0 Å². The molecule has 11 nitrogen and oxygen atoms in total. The van der Waals surface area contributed by atoms with Gasteiger partial charge in [-0.1, -0.05) is 30.4 Å². The highest BCUT2D eigenvalue weighted by atomic mass is 32.1. The minimum Gasteiger partial charge on any atom is -0.462 e. The zero-order chi connectivity index (χ0) is 27.4. The van der Waals surface area contributed by atoms with E-state index >= 15 is 4.39 Å². The lowest BCUT2D eigenvalue weighted by atomic mass is 9.97. The van der Waals surface area contributed by atoms with Crippen LogP contribution in [0.5, 0.6) is 5.75 Å². The predicted molar refractivity (Wildman–Crippen MR) is 130 cm³/mol. The molecule has 2 heterocycles. The van der Waals surface area contributed by atoms with Gasteiger partial charge in [-0.3, -0.25) is 18.9 Å². The van der Waals surface area contributed by atoms with Crippen molar-refractivity contribution in [2.75, 3.05) is 13.3 Å². The van der Waals surface area contributed by atoms with Gasteiger partial charge in [0, 0.05) is 6.20 Å². The number of nitrogens with one attached hydrogen (secondary N) is 2. The maximum atomic E-state index is 15.3. The summed E-state index contributed by atoms with van der Waals surface area (Å²) < 4.78 is 64.9. The van der Waals surface area contributed by atoms with Crippen LogP contribution in [0.15, 0.2) is 47.4 Å². The Morgan fingerprint density at radius 1 is 1.32 bits per heavy atom. The Bertz CT molecular complexity index is 1250. The molecule has 37 heavy (non-hydrogen) atoms. The summed E-state index contributed by atoms with van der Waals surface area (Å²) in [5.41, 5.74) is -3.63. The Morgan fingerprint density at radius 2 is 2.00 bits per heavy atom. The quantitative estimate of drug-likeness (QED) is 0.212. The van der Waals surface area contributed by atoms with Crippen molar-refractivity contribution < 1.29 is 41.8 Å². The van der Waals surface area contributed by atoms with Gasteiger partial charge in [-0.2, -0.15) is 5.09 Å². The minimum atomic E-state index is -4.39. The molecule has 0 amide bonds. The summed E-state index contributed by atoms with van der Waals surface area (Å²) in [4.78, 5) is 26.8. The van der Waals surface area contributed by atoms with E-state index in [1.165, 1.54) is 25.1 Å². The van der Waals surface area contributed by atoms with Crippen LogP contribution in [0.25, 0.3) is 0 Å². The van der Waals surface area contributed by atoms with Crippen molar-refractivity contribution in [2.24, 2.45) is 0 Å². The first-order chi connectivity index (χ1) is 17.4. The van der Waals surface area contributed by atoms with E-state index in [0.717, 1.165) is 10.8 Å². The van der Waals surface area contributed by atoms with E-state index in [1.807, 2.05) is 0 Å². The molecule has 1 aromatic carbocycles. The normalized spacial score (nSPS) is 26.0. The number of H-pyrrole nitrogens is 1. The van der Waals surface area contributed by atoms with E-state index in [-0.39, 0.29) is 10.4 Å². The number of aromatic amines is 1. The third-order valence-electron chi connectivity index (χ3n) is 5.29. The van der Waals surface area contributed by atoms with Gasteiger partial charge >= 0.3 is 19.4 Å². The summed E-state index contributed by atoms with van der Waals surface area (Å²) in [6.07, 6.45) is -5.19. The number of hydrogen-bond donors (Lipinski definition) is 3. The molecule has 6 atom stereocenters. The average molecular weight is 564 g/mol. The monoisotopic (exact) mass is 563 g/mol. The van der Waals surface area contributed by atoms with Crippen molar-refractivity contribution >= 4 is 25.9 Å². The van der Waals surface area contributed by atoms with E-state index in [0.29, 0.717) is 0 Å². The van der Waals surface area contributed by atoms with Crippen molar-refractivity contribution in [1.82, 2.24) is 14.6 Å². The highest BCUT2D eigenvalue weighted by molar-refractivity contribution is 7.71. The third kappa shape index (κ3) is 6.89. The van der Waals surface area contributed by atoms with Crippen molar-refractivity contribution in [2.45, 2.75) is 57.0 Å². The molecule has 1 saturated heterocycles. The number of nitrogens with zero attached hydrogens (tertiary/aromatic N) is 1. The molecule has 3 N–H and O–H groups in total. The number of rotatable bonds is 11. The predicted octanol–water partition coefficient (Wildman–Crippen LogP) is 2.98. The molecular formula is C22H28F2N3O8PS. The van der Waals surface area contributed by atoms with Gasteiger partial charge < -0.3 is 19.1 Å². The summed E-state index contributed by atoms with van der Waals surface area (Å²) >= 11 is 4.85. The first kappa shape index (κ1) is 29.1. The molecule has 1 fully saturated rings. The number of benzene rings is 1. The van der Waals surface area contributed by atoms with Crippen molar-refractivity contribution in [3.05, 3.63) is 57.7 Å². The number of esters is 1. The van der Waals surface area contributed by atoms with Crippen LogP contribution in [0.1, 0.15) is 27.0 Å². The maximum Gasteiger partial charge on any atom is 0.459 e. The Balaban J connectivity index is 1.83. The molecule has 15 heteroatoms. The number of hydrogen-bond acceptors (Lipinski definition) is 9. The molecule has 0 bridgehead atoms. The van der Waals surface area contributed by atoms with E-state index in [2.05, 4.69) is 10.1 Å². The summed E-state index contributed by atoms with van der Waals surface area (Å²) in [6.45, 7) is 2.22. The lowest BCUT2D eigenvalue weighted by molar-refractivity contribution is -0.149. The van der Waals surface area contributed by atoms with Crippen LogP contribution in [-0.4, -0.2) is 63.9 Å². The molecule has 3 rings (SSSR count). The molecule has 204 valence electrons. The first-order valence-corrected chi connectivity index (χ1v) is 13.2. The Morgan fingerprint density at radius 3 is 2.59 bits per heavy atom. The Kier molecular flexibility index (Phi) is 9.37. The summed E-state index contributed by atoms with van der Waals surface area (Å²) in [7, 11) is -4.39. The van der Waals surface area contributed by atoms with Crippen LogP contribution >= 0.6 is 20.0 Å². The lowest BCUT2D eigenvalue weighted by Gasteiger charge is -2.27. The number of carbonyl (C=O) groups excluding carboxylic acids is 1. The van der Waals surface area contributed by atoms with Gasteiger partial charge in [-0.25, -0.2) is 18.1 Å². The first-order valence-electron chi connectivity index (χ1n) is 11.3. The molecule has 1 aromatic heterocycles. The largest absolute Gasteiger partial charge is 0.462 e. The number of carbonyl (C=O) groups is 1. The zero-order valence-electron chi connectivity index (χ0n) is 20.2. The van der Waals surface area contributed by atoms with Crippen LogP contribution in [-0.2, 0) is 23.4 Å². The van der Waals surface area contributed by atoms with Gasteiger partial charge in [0.05, 0.1) is 12.7 Å². The van der Waals surface area contributed by atoms with Gasteiger partial charge in [-0.15, -0.1) is 0 Å². The molecule has 0 saturated carbocycles. The van der Waals surface area contributed by atoms with Crippen molar-refractivity contribution in [3.8, 4) is 5.75 Å². The summed E-state index contributed by atoms with van der Waals surface area (Å²) in [6, 6.07) is 7.95. The fourth-order valence-corrected chi connectivity index (χ4v) is 5.15. The molecule has 0 radical (unpaired) electrons. The van der Waals surface area contributed by atoms with E-state index in [4.69, 9.17) is 30.7 Å². The highest BCUT2D eigenvalue weighted by Crippen LogP contribution is 2.47. The average Bonchev–Trinajstić information content (AvgIpc) is 3.08. The minimum absolute atomic E-state index is 0.0647. The van der Waals surface area contributed by atoms with Crippen molar-refractivity contribution in [3.63, 3.8) is 0 Å².